The van der Waals surface area contributed by atoms with E-state index in [9.17, 15) is 9.59 Å². The van der Waals surface area contributed by atoms with E-state index < -0.39 is 0 Å². The average Bonchev–Trinajstić information content (AvgIpc) is 2.93. The van der Waals surface area contributed by atoms with Gasteiger partial charge in [-0.3, -0.25) is 9.59 Å². The van der Waals surface area contributed by atoms with Gasteiger partial charge in [-0.05, 0) is 25.7 Å². The Labute approximate surface area is 127 Å². The van der Waals surface area contributed by atoms with Crippen molar-refractivity contribution in [3.05, 3.63) is 0 Å². The molecule has 0 aliphatic carbocycles. The number of carbonyl (C=O) groups excluding carboxylic acids is 2. The van der Waals surface area contributed by atoms with Crippen LogP contribution in [0.1, 0.15) is 46.5 Å². The molecule has 2 amide bonds. The van der Waals surface area contributed by atoms with Gasteiger partial charge in [0.15, 0.2) is 0 Å². The lowest BCUT2D eigenvalue weighted by Gasteiger charge is -2.38. The maximum Gasteiger partial charge on any atom is 0.227 e. The van der Waals surface area contributed by atoms with Crippen molar-refractivity contribution in [3.8, 4) is 0 Å². The van der Waals surface area contributed by atoms with Gasteiger partial charge in [0.2, 0.25) is 11.8 Å². The lowest BCUT2D eigenvalue weighted by atomic mass is 9.90. The second-order valence-electron chi connectivity index (χ2n) is 7.40. The van der Waals surface area contributed by atoms with E-state index in [1.807, 2.05) is 30.6 Å². The van der Waals surface area contributed by atoms with E-state index >= 15 is 0 Å². The number of nitrogens with two attached hydrogens (primary N) is 1. The average molecular weight is 295 g/mol. The van der Waals surface area contributed by atoms with Gasteiger partial charge in [-0.2, -0.15) is 0 Å². The number of piperidine rings is 1. The minimum Gasteiger partial charge on any atom is -0.341 e. The first-order valence-electron chi connectivity index (χ1n) is 8.14. The summed E-state index contributed by atoms with van der Waals surface area (Å²) in [6.07, 6.45) is 3.87. The Morgan fingerprint density at radius 1 is 1.14 bits per heavy atom. The van der Waals surface area contributed by atoms with Gasteiger partial charge in [0.05, 0.1) is 5.92 Å². The molecular weight excluding hydrogens is 266 g/mol. The first kappa shape index (κ1) is 16.3. The van der Waals surface area contributed by atoms with Crippen LogP contribution in [0.2, 0.25) is 0 Å². The maximum atomic E-state index is 12.7. The molecule has 5 nitrogen and oxygen atoms in total. The topological polar surface area (TPSA) is 66.6 Å². The fourth-order valence-corrected chi connectivity index (χ4v) is 3.44. The highest BCUT2D eigenvalue weighted by Crippen LogP contribution is 2.27. The maximum absolute atomic E-state index is 12.7. The van der Waals surface area contributed by atoms with Crippen molar-refractivity contribution in [1.29, 1.82) is 0 Å². The zero-order valence-corrected chi connectivity index (χ0v) is 13.6. The molecule has 2 rings (SSSR count). The monoisotopic (exact) mass is 295 g/mol. The molecule has 2 N–H and O–H groups in total. The molecule has 2 aliphatic rings. The fraction of sp³-hybridized carbons (Fsp3) is 0.875. The summed E-state index contributed by atoms with van der Waals surface area (Å²) in [5, 5.41) is 0. The lowest BCUT2D eigenvalue weighted by molar-refractivity contribution is -0.145. The van der Waals surface area contributed by atoms with Crippen molar-refractivity contribution in [1.82, 2.24) is 9.80 Å². The predicted octanol–water partition coefficient (Wildman–Crippen LogP) is 1.22. The number of nitrogens with zero attached hydrogens (tertiary/aromatic N) is 2. The Bertz CT molecular complexity index is 403. The second kappa shape index (κ2) is 6.34. The molecule has 0 radical (unpaired) electrons. The van der Waals surface area contributed by atoms with E-state index in [-0.39, 0.29) is 29.2 Å². The van der Waals surface area contributed by atoms with E-state index in [1.165, 1.54) is 0 Å². The van der Waals surface area contributed by atoms with Crippen LogP contribution in [0.4, 0.5) is 0 Å². The molecular formula is C16H29N3O2. The molecule has 0 aromatic heterocycles. The summed E-state index contributed by atoms with van der Waals surface area (Å²) in [7, 11) is 0. The molecule has 2 heterocycles. The molecule has 0 bridgehead atoms. The van der Waals surface area contributed by atoms with Crippen molar-refractivity contribution in [2.75, 3.05) is 26.2 Å². The first-order chi connectivity index (χ1) is 9.84. The van der Waals surface area contributed by atoms with Gasteiger partial charge in [-0.1, -0.05) is 20.8 Å². The van der Waals surface area contributed by atoms with Gasteiger partial charge in [-0.25, -0.2) is 0 Å². The SMILES string of the molecule is CC(C)(C)C(=O)N1CCCC(C(=O)N2CCCC2CN)C1. The van der Waals surface area contributed by atoms with Crippen LogP contribution in [0.5, 0.6) is 0 Å². The minimum absolute atomic E-state index is 0.0443. The van der Waals surface area contributed by atoms with E-state index in [0.717, 1.165) is 38.8 Å². The first-order valence-corrected chi connectivity index (χ1v) is 8.14. The van der Waals surface area contributed by atoms with Crippen molar-refractivity contribution >= 4 is 11.8 Å². The molecule has 0 aromatic carbocycles. The summed E-state index contributed by atoms with van der Waals surface area (Å²) in [5.41, 5.74) is 5.39. The highest BCUT2D eigenvalue weighted by molar-refractivity contribution is 5.84. The van der Waals surface area contributed by atoms with E-state index in [4.69, 9.17) is 5.73 Å². The summed E-state index contributed by atoms with van der Waals surface area (Å²) in [6, 6.07) is 0.200. The molecule has 2 aliphatic heterocycles. The number of hydrogen-bond acceptors (Lipinski definition) is 3. The molecule has 2 unspecified atom stereocenters. The highest BCUT2D eigenvalue weighted by Gasteiger charge is 2.37. The zero-order chi connectivity index (χ0) is 15.6. The Kier molecular flexibility index (Phi) is 4.91. The third kappa shape index (κ3) is 3.57. The van der Waals surface area contributed by atoms with Gasteiger partial charge < -0.3 is 15.5 Å². The molecule has 120 valence electrons. The van der Waals surface area contributed by atoms with Gasteiger partial charge in [-0.15, -0.1) is 0 Å². The lowest BCUT2D eigenvalue weighted by Crippen LogP contribution is -2.51. The molecule has 2 atom stereocenters. The van der Waals surface area contributed by atoms with Gasteiger partial charge >= 0.3 is 0 Å². The van der Waals surface area contributed by atoms with Crippen molar-refractivity contribution in [2.45, 2.75) is 52.5 Å². The van der Waals surface area contributed by atoms with Crippen LogP contribution in [-0.2, 0) is 9.59 Å². The van der Waals surface area contributed by atoms with Gasteiger partial charge in [0, 0.05) is 37.6 Å². The Balaban J connectivity index is 2.01. The van der Waals surface area contributed by atoms with Crippen LogP contribution in [0.25, 0.3) is 0 Å². The predicted molar refractivity (Wildman–Crippen MR) is 82.5 cm³/mol. The van der Waals surface area contributed by atoms with Crippen LogP contribution in [0.3, 0.4) is 0 Å². The van der Waals surface area contributed by atoms with Crippen molar-refractivity contribution in [3.63, 3.8) is 0 Å². The second-order valence-corrected chi connectivity index (χ2v) is 7.40. The van der Waals surface area contributed by atoms with Crippen molar-refractivity contribution in [2.24, 2.45) is 17.1 Å². The molecule has 0 aromatic rings. The summed E-state index contributed by atoms with van der Waals surface area (Å²) in [6.45, 7) is 8.53. The zero-order valence-electron chi connectivity index (χ0n) is 13.6. The minimum atomic E-state index is -0.377. The van der Waals surface area contributed by atoms with Crippen LogP contribution in [-0.4, -0.2) is 53.8 Å². The van der Waals surface area contributed by atoms with Crippen LogP contribution in [0, 0.1) is 11.3 Å². The third-order valence-electron chi connectivity index (χ3n) is 4.63. The Hall–Kier alpha value is -1.10. The summed E-state index contributed by atoms with van der Waals surface area (Å²) >= 11 is 0. The third-order valence-corrected chi connectivity index (χ3v) is 4.63. The smallest absolute Gasteiger partial charge is 0.227 e. The number of amides is 2. The molecule has 21 heavy (non-hydrogen) atoms. The quantitative estimate of drug-likeness (QED) is 0.833. The van der Waals surface area contributed by atoms with Crippen LogP contribution in [0.15, 0.2) is 0 Å². The van der Waals surface area contributed by atoms with Gasteiger partial charge in [0.25, 0.3) is 0 Å². The summed E-state index contributed by atoms with van der Waals surface area (Å²) < 4.78 is 0. The number of rotatable bonds is 2. The standard InChI is InChI=1S/C16H29N3O2/c1-16(2,3)15(21)18-8-4-6-12(11-18)14(20)19-9-5-7-13(19)10-17/h12-13H,4-11,17H2,1-3H3. The van der Waals surface area contributed by atoms with E-state index in [2.05, 4.69) is 0 Å². The van der Waals surface area contributed by atoms with E-state index in [0.29, 0.717) is 13.1 Å². The molecule has 2 saturated heterocycles. The Morgan fingerprint density at radius 2 is 1.81 bits per heavy atom. The van der Waals surface area contributed by atoms with Gasteiger partial charge in [0.1, 0.15) is 0 Å². The normalized spacial score (nSPS) is 27.0. The number of likely N-dealkylation sites (tertiary alicyclic amines) is 2. The van der Waals surface area contributed by atoms with Crippen LogP contribution >= 0.6 is 0 Å². The largest absolute Gasteiger partial charge is 0.341 e. The van der Waals surface area contributed by atoms with Crippen molar-refractivity contribution < 1.29 is 9.59 Å². The molecule has 0 saturated carbocycles. The molecule has 2 fully saturated rings. The summed E-state index contributed by atoms with van der Waals surface area (Å²) in [5.74, 6) is 0.309. The highest BCUT2D eigenvalue weighted by atomic mass is 16.2. The fourth-order valence-electron chi connectivity index (χ4n) is 3.44. The summed E-state index contributed by atoms with van der Waals surface area (Å²) in [4.78, 5) is 29.0. The Morgan fingerprint density at radius 3 is 2.43 bits per heavy atom. The number of hydrogen-bond donors (Lipinski definition) is 1. The van der Waals surface area contributed by atoms with E-state index in [1.54, 1.807) is 0 Å². The molecule has 0 spiro atoms. The van der Waals surface area contributed by atoms with Crippen LogP contribution < -0.4 is 5.73 Å². The molecule has 5 heteroatoms. The number of carbonyl (C=O) groups is 2.